The van der Waals surface area contributed by atoms with E-state index in [1.54, 1.807) is 0 Å². The van der Waals surface area contributed by atoms with Gasteiger partial charge in [-0.2, -0.15) is 0 Å². The van der Waals surface area contributed by atoms with E-state index in [1.807, 2.05) is 18.5 Å². The van der Waals surface area contributed by atoms with Gasteiger partial charge in [0.2, 0.25) is 0 Å². The number of nitrogens with zero attached hydrogens (tertiary/aromatic N) is 3. The van der Waals surface area contributed by atoms with Crippen LogP contribution in [0.5, 0.6) is 0 Å². The maximum absolute atomic E-state index is 4.19. The van der Waals surface area contributed by atoms with Crippen LogP contribution < -0.4 is 0 Å². The molecule has 3 nitrogen and oxygen atoms in total. The summed E-state index contributed by atoms with van der Waals surface area (Å²) in [4.78, 5) is 9.52. The zero-order valence-electron chi connectivity index (χ0n) is 11.1. The van der Waals surface area contributed by atoms with Gasteiger partial charge in [0.05, 0.1) is 0 Å². The second kappa shape index (κ2) is 5.81. The van der Waals surface area contributed by atoms with E-state index < -0.39 is 0 Å². The van der Waals surface area contributed by atoms with Crippen LogP contribution in [0.4, 0.5) is 0 Å². The third-order valence-corrected chi connectivity index (χ3v) is 4.36. The van der Waals surface area contributed by atoms with Gasteiger partial charge < -0.3 is 4.90 Å². The molecule has 1 aromatic heterocycles. The Balaban J connectivity index is 1.49. The molecule has 1 aromatic rings. The lowest BCUT2D eigenvalue weighted by atomic mass is 9.99. The van der Waals surface area contributed by atoms with Crippen LogP contribution in [0, 0.1) is 0 Å². The molecule has 2 aliphatic rings. The molecule has 0 aromatic carbocycles. The fraction of sp³-hybridized carbons (Fsp3) is 0.667. The number of hydrogen-bond donors (Lipinski definition) is 0. The molecule has 2 fully saturated rings. The number of piperazine rings is 1. The quantitative estimate of drug-likeness (QED) is 0.809. The average Bonchev–Trinajstić information content (AvgIpc) is 2.46. The van der Waals surface area contributed by atoms with Gasteiger partial charge in [-0.25, -0.2) is 0 Å². The number of piperidine rings is 1. The van der Waals surface area contributed by atoms with Crippen LogP contribution in [0.3, 0.4) is 0 Å². The summed E-state index contributed by atoms with van der Waals surface area (Å²) in [6, 6.07) is 5.06. The minimum Gasteiger partial charge on any atom is -0.300 e. The van der Waals surface area contributed by atoms with Crippen LogP contribution in [0.25, 0.3) is 0 Å². The van der Waals surface area contributed by atoms with Crippen LogP contribution in [-0.2, 0) is 6.42 Å². The summed E-state index contributed by atoms with van der Waals surface area (Å²) >= 11 is 0. The molecule has 98 valence electrons. The summed E-state index contributed by atoms with van der Waals surface area (Å²) in [6.07, 6.45) is 9.23. The molecule has 0 aliphatic carbocycles. The monoisotopic (exact) mass is 245 g/mol. The SMILES string of the molecule is c1cncc(CCN2CCN3CCCCC3C2)c1. The highest BCUT2D eigenvalue weighted by atomic mass is 15.3. The smallest absolute Gasteiger partial charge is 0.0300 e. The first-order chi connectivity index (χ1) is 8.92. The molecule has 0 spiro atoms. The molecular formula is C15H23N3. The minimum atomic E-state index is 0.835. The highest BCUT2D eigenvalue weighted by molar-refractivity contribution is 5.08. The van der Waals surface area contributed by atoms with Gasteiger partial charge in [0, 0.05) is 44.6 Å². The van der Waals surface area contributed by atoms with E-state index in [-0.39, 0.29) is 0 Å². The summed E-state index contributed by atoms with van der Waals surface area (Å²) in [5.41, 5.74) is 1.36. The van der Waals surface area contributed by atoms with Crippen molar-refractivity contribution in [2.45, 2.75) is 31.7 Å². The van der Waals surface area contributed by atoms with E-state index in [4.69, 9.17) is 0 Å². The Morgan fingerprint density at radius 1 is 1.22 bits per heavy atom. The Labute approximate surface area is 110 Å². The summed E-state index contributed by atoms with van der Waals surface area (Å²) < 4.78 is 0. The van der Waals surface area contributed by atoms with Crippen LogP contribution in [0.15, 0.2) is 24.5 Å². The van der Waals surface area contributed by atoms with Gasteiger partial charge in [0.25, 0.3) is 0 Å². The van der Waals surface area contributed by atoms with Crippen molar-refractivity contribution in [3.8, 4) is 0 Å². The number of fused-ring (bicyclic) bond motifs is 1. The average molecular weight is 245 g/mol. The van der Waals surface area contributed by atoms with Gasteiger partial charge in [-0.05, 0) is 37.4 Å². The molecule has 3 rings (SSSR count). The number of aromatic nitrogens is 1. The van der Waals surface area contributed by atoms with Crippen molar-refractivity contribution in [3.05, 3.63) is 30.1 Å². The molecule has 18 heavy (non-hydrogen) atoms. The van der Waals surface area contributed by atoms with Gasteiger partial charge in [0.15, 0.2) is 0 Å². The fourth-order valence-corrected chi connectivity index (χ4v) is 3.26. The van der Waals surface area contributed by atoms with Crippen molar-refractivity contribution in [2.75, 3.05) is 32.7 Å². The topological polar surface area (TPSA) is 19.4 Å². The molecule has 3 heterocycles. The largest absolute Gasteiger partial charge is 0.300 e. The molecule has 0 saturated carbocycles. The standard InChI is InChI=1S/C15H23N3/c1-2-8-18-11-10-17(13-15(18)5-1)9-6-14-4-3-7-16-12-14/h3-4,7,12,15H,1-2,5-6,8-11,13H2. The zero-order valence-corrected chi connectivity index (χ0v) is 11.1. The predicted octanol–water partition coefficient (Wildman–Crippen LogP) is 1.79. The highest BCUT2D eigenvalue weighted by Crippen LogP contribution is 2.21. The highest BCUT2D eigenvalue weighted by Gasteiger charge is 2.28. The van der Waals surface area contributed by atoms with E-state index in [0.29, 0.717) is 0 Å². The number of hydrogen-bond acceptors (Lipinski definition) is 3. The van der Waals surface area contributed by atoms with Gasteiger partial charge in [-0.1, -0.05) is 12.5 Å². The predicted molar refractivity (Wildman–Crippen MR) is 73.6 cm³/mol. The zero-order chi connectivity index (χ0) is 12.2. The number of pyridine rings is 1. The summed E-state index contributed by atoms with van der Waals surface area (Å²) in [5, 5.41) is 0. The third kappa shape index (κ3) is 2.90. The summed E-state index contributed by atoms with van der Waals surface area (Å²) in [6.45, 7) is 6.33. The molecule has 2 aliphatic heterocycles. The molecule has 0 radical (unpaired) electrons. The lowest BCUT2D eigenvalue weighted by Crippen LogP contribution is -2.55. The molecule has 0 bridgehead atoms. The Bertz CT molecular complexity index is 365. The van der Waals surface area contributed by atoms with Crippen molar-refractivity contribution in [3.63, 3.8) is 0 Å². The number of rotatable bonds is 3. The molecule has 3 heteroatoms. The second-order valence-electron chi connectivity index (χ2n) is 5.60. The lowest BCUT2D eigenvalue weighted by molar-refractivity contribution is 0.0500. The molecule has 2 saturated heterocycles. The molecule has 0 amide bonds. The first-order valence-corrected chi connectivity index (χ1v) is 7.27. The summed E-state index contributed by atoms with van der Waals surface area (Å²) in [7, 11) is 0. The van der Waals surface area contributed by atoms with Crippen molar-refractivity contribution in [2.24, 2.45) is 0 Å². The first-order valence-electron chi connectivity index (χ1n) is 7.27. The van der Waals surface area contributed by atoms with Crippen molar-refractivity contribution >= 4 is 0 Å². The first kappa shape index (κ1) is 12.1. The van der Waals surface area contributed by atoms with Gasteiger partial charge in [0.1, 0.15) is 0 Å². The van der Waals surface area contributed by atoms with Gasteiger partial charge in [-0.3, -0.25) is 9.88 Å². The van der Waals surface area contributed by atoms with E-state index in [0.717, 1.165) is 12.5 Å². The third-order valence-electron chi connectivity index (χ3n) is 4.36. The van der Waals surface area contributed by atoms with Crippen LogP contribution in [0.1, 0.15) is 24.8 Å². The van der Waals surface area contributed by atoms with Crippen LogP contribution in [-0.4, -0.2) is 53.5 Å². The Morgan fingerprint density at radius 3 is 3.11 bits per heavy atom. The maximum atomic E-state index is 4.19. The van der Waals surface area contributed by atoms with E-state index in [9.17, 15) is 0 Å². The van der Waals surface area contributed by atoms with E-state index in [1.165, 1.54) is 57.5 Å². The Hall–Kier alpha value is -0.930. The van der Waals surface area contributed by atoms with E-state index in [2.05, 4.69) is 20.9 Å². The van der Waals surface area contributed by atoms with Gasteiger partial charge >= 0.3 is 0 Å². The minimum absolute atomic E-state index is 0.835. The summed E-state index contributed by atoms with van der Waals surface area (Å²) in [5.74, 6) is 0. The van der Waals surface area contributed by atoms with E-state index >= 15 is 0 Å². The van der Waals surface area contributed by atoms with Crippen molar-refractivity contribution < 1.29 is 0 Å². The Kier molecular flexibility index (Phi) is 3.91. The normalized spacial score (nSPS) is 25.9. The second-order valence-corrected chi connectivity index (χ2v) is 5.60. The van der Waals surface area contributed by atoms with Crippen LogP contribution >= 0.6 is 0 Å². The molecular weight excluding hydrogens is 222 g/mol. The van der Waals surface area contributed by atoms with Crippen molar-refractivity contribution in [1.29, 1.82) is 0 Å². The molecule has 1 atom stereocenters. The Morgan fingerprint density at radius 2 is 2.22 bits per heavy atom. The maximum Gasteiger partial charge on any atom is 0.0300 e. The fourth-order valence-electron chi connectivity index (χ4n) is 3.26. The molecule has 0 N–H and O–H groups in total. The van der Waals surface area contributed by atoms with Gasteiger partial charge in [-0.15, -0.1) is 0 Å². The van der Waals surface area contributed by atoms with Crippen molar-refractivity contribution in [1.82, 2.24) is 14.8 Å². The van der Waals surface area contributed by atoms with Crippen LogP contribution in [0.2, 0.25) is 0 Å². The lowest BCUT2D eigenvalue weighted by Gasteiger charge is -2.44. The molecule has 1 unspecified atom stereocenters.